The number of unbranched alkanes of at least 4 members (excludes halogenated alkanes) is 9. The van der Waals surface area contributed by atoms with Crippen LogP contribution in [0, 0.1) is 0 Å². The van der Waals surface area contributed by atoms with E-state index in [1.54, 1.807) is 12.1 Å². The number of hydrogen-bond acceptors (Lipinski definition) is 4. The Morgan fingerprint density at radius 3 is 2.12 bits per heavy atom. The van der Waals surface area contributed by atoms with Crippen LogP contribution in [0.15, 0.2) is 29.2 Å². The van der Waals surface area contributed by atoms with Gasteiger partial charge in [-0.15, -0.1) is 0 Å². The van der Waals surface area contributed by atoms with Crippen LogP contribution in [0.1, 0.15) is 81.5 Å². The molecule has 0 fully saturated rings. The number of carbonyl (C=O) groups is 1. The normalized spacial score (nSPS) is 11.6. The van der Waals surface area contributed by atoms with Crippen molar-refractivity contribution in [2.24, 2.45) is 0 Å². The second kappa shape index (κ2) is 16.0. The number of benzene rings is 1. The molecular formula is C19H29NaO4S. The fourth-order valence-corrected chi connectivity index (χ4v) is 2.98. The van der Waals surface area contributed by atoms with Gasteiger partial charge in [0.1, 0.15) is 0 Å². The van der Waals surface area contributed by atoms with Gasteiger partial charge in [-0.05, 0) is 35.7 Å². The third-order valence-electron chi connectivity index (χ3n) is 3.99. The van der Waals surface area contributed by atoms with E-state index in [1.807, 2.05) is 0 Å². The van der Waals surface area contributed by atoms with Crippen molar-refractivity contribution in [2.45, 2.75) is 76.0 Å². The molecule has 0 spiro atoms. The fraction of sp³-hybridized carbons (Fsp3) is 0.632. The van der Waals surface area contributed by atoms with Crippen molar-refractivity contribution >= 4 is 17.0 Å². The zero-order valence-electron chi connectivity index (χ0n) is 15.6. The summed E-state index contributed by atoms with van der Waals surface area (Å²) in [5, 5.41) is 0. The van der Waals surface area contributed by atoms with E-state index >= 15 is 0 Å². The van der Waals surface area contributed by atoms with Gasteiger partial charge in [-0.25, -0.2) is 4.79 Å². The monoisotopic (exact) mass is 376 g/mol. The predicted octanol–water partition coefficient (Wildman–Crippen LogP) is 2.01. The first-order valence-electron chi connectivity index (χ1n) is 9.01. The Bertz CT molecular complexity index is 508. The average molecular weight is 376 g/mol. The van der Waals surface area contributed by atoms with Crippen LogP contribution in [0.5, 0.6) is 0 Å². The molecule has 1 aromatic rings. The van der Waals surface area contributed by atoms with Crippen molar-refractivity contribution in [3.05, 3.63) is 29.8 Å². The van der Waals surface area contributed by atoms with Gasteiger partial charge in [0.15, 0.2) is 0 Å². The molecule has 0 saturated heterocycles. The van der Waals surface area contributed by atoms with E-state index in [1.165, 1.54) is 63.5 Å². The topological polar surface area (TPSA) is 66.4 Å². The maximum Gasteiger partial charge on any atom is 1.00 e. The predicted molar refractivity (Wildman–Crippen MR) is 95.8 cm³/mol. The third-order valence-corrected chi connectivity index (χ3v) is 4.63. The van der Waals surface area contributed by atoms with Gasteiger partial charge >= 0.3 is 35.5 Å². The number of ether oxygens (including phenoxy) is 1. The molecule has 6 heteroatoms. The zero-order chi connectivity index (χ0) is 17.6. The minimum atomic E-state index is -2.33. The second-order valence-corrected chi connectivity index (χ2v) is 7.02. The Kier molecular flexibility index (Phi) is 15.9. The smallest absolute Gasteiger partial charge is 0.768 e. The van der Waals surface area contributed by atoms with Crippen molar-refractivity contribution < 1.29 is 47.9 Å². The number of rotatable bonds is 13. The van der Waals surface area contributed by atoms with Crippen LogP contribution < -0.4 is 29.6 Å². The minimum absolute atomic E-state index is 0. The molecule has 0 radical (unpaired) electrons. The van der Waals surface area contributed by atoms with E-state index in [4.69, 9.17) is 4.74 Å². The molecule has 0 aliphatic carbocycles. The van der Waals surface area contributed by atoms with E-state index in [9.17, 15) is 13.6 Å². The molecule has 4 nitrogen and oxygen atoms in total. The Morgan fingerprint density at radius 2 is 1.56 bits per heavy atom. The molecule has 0 amide bonds. The Morgan fingerprint density at radius 1 is 1.00 bits per heavy atom. The van der Waals surface area contributed by atoms with Gasteiger partial charge in [0.2, 0.25) is 0 Å². The maximum absolute atomic E-state index is 11.9. The molecule has 1 atom stereocenters. The van der Waals surface area contributed by atoms with Crippen LogP contribution in [0.4, 0.5) is 0 Å². The first-order valence-corrected chi connectivity index (χ1v) is 10.1. The summed E-state index contributed by atoms with van der Waals surface area (Å²) >= 11 is -2.33. The molecule has 0 heterocycles. The summed E-state index contributed by atoms with van der Waals surface area (Å²) in [6.07, 6.45) is 12.3. The molecular weight excluding hydrogens is 347 g/mol. The molecule has 0 N–H and O–H groups in total. The van der Waals surface area contributed by atoms with E-state index in [0.717, 1.165) is 12.8 Å². The molecule has 136 valence electrons. The molecule has 0 bridgehead atoms. The standard InChI is InChI=1S/C19H30O4S.Na/c1-2-3-4-5-6-7-8-9-10-11-15-23-19(20)17-13-12-14-18(16-17)24(21)22;/h12-14,16H,2-11,15H2,1H3,(H,21,22);/q;+1/p-1. The van der Waals surface area contributed by atoms with E-state index < -0.39 is 17.0 Å². The van der Waals surface area contributed by atoms with Crippen LogP contribution in [-0.4, -0.2) is 21.3 Å². The summed E-state index contributed by atoms with van der Waals surface area (Å²) in [5.74, 6) is -0.460. The Hall–Kier alpha value is -0.200. The molecule has 0 aliphatic rings. The average Bonchev–Trinajstić information content (AvgIpc) is 2.59. The van der Waals surface area contributed by atoms with Crippen molar-refractivity contribution in [3.8, 4) is 0 Å². The van der Waals surface area contributed by atoms with Crippen molar-refractivity contribution in [3.63, 3.8) is 0 Å². The largest absolute Gasteiger partial charge is 1.00 e. The van der Waals surface area contributed by atoms with Crippen LogP contribution in [0.25, 0.3) is 0 Å². The summed E-state index contributed by atoms with van der Waals surface area (Å²) in [5.41, 5.74) is 0.281. The summed E-state index contributed by atoms with van der Waals surface area (Å²) < 4.78 is 27.0. The van der Waals surface area contributed by atoms with Gasteiger partial charge < -0.3 is 9.29 Å². The molecule has 1 rings (SSSR count). The molecule has 25 heavy (non-hydrogen) atoms. The third kappa shape index (κ3) is 11.9. The summed E-state index contributed by atoms with van der Waals surface area (Å²) in [7, 11) is 0. The van der Waals surface area contributed by atoms with E-state index in [2.05, 4.69) is 6.92 Å². The number of esters is 1. The van der Waals surface area contributed by atoms with Gasteiger partial charge in [0.25, 0.3) is 0 Å². The summed E-state index contributed by atoms with van der Waals surface area (Å²) in [6, 6.07) is 5.89. The Labute approximate surface area is 176 Å². The van der Waals surface area contributed by atoms with E-state index in [0.29, 0.717) is 6.61 Å². The van der Waals surface area contributed by atoms with Gasteiger partial charge in [-0.1, -0.05) is 70.8 Å². The summed E-state index contributed by atoms with van der Waals surface area (Å²) in [6.45, 7) is 2.62. The number of hydrogen-bond donors (Lipinski definition) is 0. The molecule has 0 aliphatic heterocycles. The molecule has 0 saturated carbocycles. The number of carbonyl (C=O) groups excluding carboxylic acids is 1. The molecule has 1 aromatic carbocycles. The Balaban J connectivity index is 0.00000576. The second-order valence-electron chi connectivity index (χ2n) is 6.08. The molecule has 0 aromatic heterocycles. The zero-order valence-corrected chi connectivity index (χ0v) is 18.4. The first-order chi connectivity index (χ1) is 11.6. The minimum Gasteiger partial charge on any atom is -0.768 e. The van der Waals surface area contributed by atoms with Crippen LogP contribution >= 0.6 is 0 Å². The summed E-state index contributed by atoms with van der Waals surface area (Å²) in [4.78, 5) is 12.0. The maximum atomic E-state index is 11.9. The van der Waals surface area contributed by atoms with Gasteiger partial charge in [-0.3, -0.25) is 4.21 Å². The molecule has 1 unspecified atom stereocenters. The van der Waals surface area contributed by atoms with Gasteiger partial charge in [-0.2, -0.15) is 0 Å². The van der Waals surface area contributed by atoms with Crippen LogP contribution in [-0.2, 0) is 15.8 Å². The van der Waals surface area contributed by atoms with Crippen molar-refractivity contribution in [2.75, 3.05) is 6.61 Å². The van der Waals surface area contributed by atoms with Crippen LogP contribution in [0.3, 0.4) is 0 Å². The quantitative estimate of drug-likeness (QED) is 0.229. The van der Waals surface area contributed by atoms with Gasteiger partial charge in [0.05, 0.1) is 12.2 Å². The van der Waals surface area contributed by atoms with Gasteiger partial charge in [0, 0.05) is 4.90 Å². The first kappa shape index (κ1) is 24.8. The van der Waals surface area contributed by atoms with Crippen LogP contribution in [0.2, 0.25) is 0 Å². The van der Waals surface area contributed by atoms with Crippen molar-refractivity contribution in [1.29, 1.82) is 0 Å². The fourth-order valence-electron chi connectivity index (χ4n) is 2.56. The van der Waals surface area contributed by atoms with E-state index in [-0.39, 0.29) is 40.0 Å². The van der Waals surface area contributed by atoms with Crippen molar-refractivity contribution in [1.82, 2.24) is 0 Å². The SMILES string of the molecule is CCCCCCCCCCCCOC(=O)c1cccc(S(=O)[O-])c1.[Na+].